The van der Waals surface area contributed by atoms with Gasteiger partial charge < -0.3 is 5.11 Å². The van der Waals surface area contributed by atoms with E-state index in [1.165, 1.54) is 6.07 Å². The van der Waals surface area contributed by atoms with Gasteiger partial charge in [-0.15, -0.1) is 0 Å². The maximum Gasteiger partial charge on any atom is 0.137 e. The Labute approximate surface area is 105 Å². The highest BCUT2D eigenvalue weighted by atomic mass is 79.9. The van der Waals surface area contributed by atoms with Crippen LogP contribution in [0.4, 0.5) is 4.39 Å². The summed E-state index contributed by atoms with van der Waals surface area (Å²) in [5.41, 5.74) is 0.829. The van der Waals surface area contributed by atoms with Crippen LogP contribution in [0, 0.1) is 11.7 Å². The van der Waals surface area contributed by atoms with Crippen LogP contribution in [0.15, 0.2) is 22.7 Å². The van der Waals surface area contributed by atoms with E-state index in [1.807, 2.05) is 13.0 Å². The Morgan fingerprint density at radius 1 is 1.44 bits per heavy atom. The number of aliphatic hydroxyl groups is 1. The topological polar surface area (TPSA) is 20.2 Å². The van der Waals surface area contributed by atoms with Crippen LogP contribution in [-0.4, -0.2) is 11.2 Å². The molecule has 0 saturated heterocycles. The zero-order valence-corrected chi connectivity index (χ0v) is 11.3. The monoisotopic (exact) mass is 288 g/mol. The molecule has 0 aliphatic heterocycles. The normalized spacial score (nSPS) is 14.8. The zero-order valence-electron chi connectivity index (χ0n) is 9.71. The lowest BCUT2D eigenvalue weighted by Gasteiger charge is -2.18. The van der Waals surface area contributed by atoms with Crippen molar-refractivity contribution in [1.82, 2.24) is 0 Å². The maximum absolute atomic E-state index is 13.3. The Morgan fingerprint density at radius 3 is 2.75 bits per heavy atom. The van der Waals surface area contributed by atoms with Gasteiger partial charge in [-0.05, 0) is 46.3 Å². The number of halogens is 2. The lowest BCUT2D eigenvalue weighted by atomic mass is 9.94. The SMILES string of the molecule is CCCC(C)C(O)Cc1cccc(F)c1Br. The lowest BCUT2D eigenvalue weighted by Crippen LogP contribution is -2.20. The van der Waals surface area contributed by atoms with Gasteiger partial charge >= 0.3 is 0 Å². The molecular formula is C13H18BrFO. The highest BCUT2D eigenvalue weighted by Gasteiger charge is 2.16. The Morgan fingerprint density at radius 2 is 2.12 bits per heavy atom. The molecule has 2 atom stereocenters. The Bertz CT molecular complexity index is 341. The van der Waals surface area contributed by atoms with Crippen LogP contribution in [0.5, 0.6) is 0 Å². The Balaban J connectivity index is 2.69. The summed E-state index contributed by atoms with van der Waals surface area (Å²) < 4.78 is 13.7. The maximum atomic E-state index is 13.3. The summed E-state index contributed by atoms with van der Waals surface area (Å²) in [7, 11) is 0. The molecule has 1 nitrogen and oxygen atoms in total. The predicted molar refractivity (Wildman–Crippen MR) is 67.9 cm³/mol. The second-order valence-corrected chi connectivity index (χ2v) is 5.04. The van der Waals surface area contributed by atoms with Crippen molar-refractivity contribution < 1.29 is 9.50 Å². The van der Waals surface area contributed by atoms with Crippen molar-refractivity contribution in [3.05, 3.63) is 34.1 Å². The molecule has 0 bridgehead atoms. The lowest BCUT2D eigenvalue weighted by molar-refractivity contribution is 0.111. The molecule has 1 aromatic rings. The van der Waals surface area contributed by atoms with Crippen LogP contribution in [0.1, 0.15) is 32.3 Å². The van der Waals surface area contributed by atoms with E-state index in [0.29, 0.717) is 10.9 Å². The first-order valence-electron chi connectivity index (χ1n) is 5.67. The molecule has 1 aromatic carbocycles. The molecule has 0 heterocycles. The summed E-state index contributed by atoms with van der Waals surface area (Å²) in [6.45, 7) is 4.13. The Kier molecular flexibility index (Phi) is 5.42. The number of aliphatic hydroxyl groups excluding tert-OH is 1. The summed E-state index contributed by atoms with van der Waals surface area (Å²) in [5.74, 6) is -0.0204. The number of benzene rings is 1. The first kappa shape index (κ1) is 13.7. The minimum atomic E-state index is -0.405. The molecule has 0 aromatic heterocycles. The van der Waals surface area contributed by atoms with Crippen LogP contribution in [0.3, 0.4) is 0 Å². The van der Waals surface area contributed by atoms with Crippen LogP contribution < -0.4 is 0 Å². The fraction of sp³-hybridized carbons (Fsp3) is 0.538. The molecule has 0 amide bonds. The minimum absolute atomic E-state index is 0.250. The predicted octanol–water partition coefficient (Wildman–Crippen LogP) is 3.93. The number of hydrogen-bond donors (Lipinski definition) is 1. The van der Waals surface area contributed by atoms with E-state index in [-0.39, 0.29) is 11.7 Å². The quantitative estimate of drug-likeness (QED) is 0.870. The molecule has 1 rings (SSSR count). The van der Waals surface area contributed by atoms with Crippen molar-refractivity contribution in [3.63, 3.8) is 0 Å². The van der Waals surface area contributed by atoms with Gasteiger partial charge in [0.05, 0.1) is 10.6 Å². The van der Waals surface area contributed by atoms with Crippen LogP contribution in [0.2, 0.25) is 0 Å². The van der Waals surface area contributed by atoms with Crippen LogP contribution in [0.25, 0.3) is 0 Å². The molecular weight excluding hydrogens is 271 g/mol. The molecule has 0 spiro atoms. The van der Waals surface area contributed by atoms with Gasteiger partial charge in [-0.2, -0.15) is 0 Å². The third kappa shape index (κ3) is 3.56. The third-order valence-electron chi connectivity index (χ3n) is 2.86. The summed E-state index contributed by atoms with van der Waals surface area (Å²) >= 11 is 3.21. The van der Waals surface area contributed by atoms with Gasteiger partial charge in [-0.1, -0.05) is 32.4 Å². The molecule has 0 saturated carbocycles. The molecule has 0 radical (unpaired) electrons. The van der Waals surface area contributed by atoms with Gasteiger partial charge in [-0.3, -0.25) is 0 Å². The van der Waals surface area contributed by atoms with Gasteiger partial charge in [0.25, 0.3) is 0 Å². The van der Waals surface area contributed by atoms with Gasteiger partial charge in [-0.25, -0.2) is 4.39 Å². The van der Waals surface area contributed by atoms with Crippen molar-refractivity contribution in [3.8, 4) is 0 Å². The molecule has 0 fully saturated rings. The van der Waals surface area contributed by atoms with Crippen LogP contribution in [-0.2, 0) is 6.42 Å². The Hall–Kier alpha value is -0.410. The van der Waals surface area contributed by atoms with E-state index in [0.717, 1.165) is 18.4 Å². The molecule has 90 valence electrons. The van der Waals surface area contributed by atoms with E-state index < -0.39 is 6.10 Å². The van der Waals surface area contributed by atoms with Crippen molar-refractivity contribution in [2.45, 2.75) is 39.2 Å². The summed E-state index contributed by atoms with van der Waals surface area (Å²) in [6.07, 6.45) is 2.15. The van der Waals surface area contributed by atoms with E-state index in [1.54, 1.807) is 6.07 Å². The average molecular weight is 289 g/mol. The largest absolute Gasteiger partial charge is 0.393 e. The summed E-state index contributed by atoms with van der Waals surface area (Å²) in [6, 6.07) is 4.93. The fourth-order valence-corrected chi connectivity index (χ4v) is 2.21. The molecule has 0 aliphatic carbocycles. The van der Waals surface area contributed by atoms with Crippen molar-refractivity contribution in [2.24, 2.45) is 5.92 Å². The van der Waals surface area contributed by atoms with E-state index in [2.05, 4.69) is 22.9 Å². The third-order valence-corrected chi connectivity index (χ3v) is 3.75. The fourth-order valence-electron chi connectivity index (χ4n) is 1.78. The van der Waals surface area contributed by atoms with Crippen molar-refractivity contribution >= 4 is 15.9 Å². The second kappa shape index (κ2) is 6.36. The molecule has 3 heteroatoms. The van der Waals surface area contributed by atoms with Gasteiger partial charge in [0, 0.05) is 0 Å². The van der Waals surface area contributed by atoms with E-state index >= 15 is 0 Å². The van der Waals surface area contributed by atoms with E-state index in [9.17, 15) is 9.50 Å². The highest BCUT2D eigenvalue weighted by Crippen LogP contribution is 2.24. The smallest absolute Gasteiger partial charge is 0.137 e. The summed E-state index contributed by atoms with van der Waals surface area (Å²) in [5, 5.41) is 9.97. The highest BCUT2D eigenvalue weighted by molar-refractivity contribution is 9.10. The number of rotatable bonds is 5. The molecule has 2 unspecified atom stereocenters. The van der Waals surface area contributed by atoms with Gasteiger partial charge in [0.1, 0.15) is 5.82 Å². The summed E-state index contributed by atoms with van der Waals surface area (Å²) in [4.78, 5) is 0. The molecule has 16 heavy (non-hydrogen) atoms. The first-order chi connectivity index (χ1) is 7.56. The standard InChI is InChI=1S/C13H18BrFO/c1-3-5-9(2)12(16)8-10-6-4-7-11(15)13(10)14/h4,6-7,9,12,16H,3,5,8H2,1-2H3. The average Bonchev–Trinajstić information content (AvgIpc) is 2.25. The second-order valence-electron chi connectivity index (χ2n) is 4.25. The van der Waals surface area contributed by atoms with Crippen LogP contribution >= 0.6 is 15.9 Å². The van der Waals surface area contributed by atoms with Gasteiger partial charge in [0.2, 0.25) is 0 Å². The van der Waals surface area contributed by atoms with Crippen molar-refractivity contribution in [2.75, 3.05) is 0 Å². The zero-order chi connectivity index (χ0) is 12.1. The minimum Gasteiger partial charge on any atom is -0.393 e. The van der Waals surface area contributed by atoms with Gasteiger partial charge in [0.15, 0.2) is 0 Å². The van der Waals surface area contributed by atoms with E-state index in [4.69, 9.17) is 0 Å². The van der Waals surface area contributed by atoms with Crippen molar-refractivity contribution in [1.29, 1.82) is 0 Å². The number of hydrogen-bond acceptors (Lipinski definition) is 1. The molecule has 0 aliphatic rings. The molecule has 1 N–H and O–H groups in total. The first-order valence-corrected chi connectivity index (χ1v) is 6.46.